The Bertz CT molecular complexity index is 312. The molecule has 1 atom stereocenters. The maximum atomic E-state index is 12.9. The zero-order valence-corrected chi connectivity index (χ0v) is 8.60. The molecule has 0 spiro atoms. The normalized spacial score (nSPS) is 20.8. The maximum Gasteiger partial charge on any atom is 0.422 e. The summed E-state index contributed by atoms with van der Waals surface area (Å²) in [5.41, 5.74) is -3.13. The average molecular weight is 239 g/mol. The molecule has 16 heavy (non-hydrogen) atoms. The molecule has 0 heterocycles. The van der Waals surface area contributed by atoms with Crippen molar-refractivity contribution in [2.75, 3.05) is 0 Å². The van der Waals surface area contributed by atoms with Crippen LogP contribution in [-0.4, -0.2) is 28.7 Å². The molecule has 4 nitrogen and oxygen atoms in total. The lowest BCUT2D eigenvalue weighted by Crippen LogP contribution is -2.69. The monoisotopic (exact) mass is 239 g/mol. The average Bonchev–Trinajstić information content (AvgIpc) is 1.95. The van der Waals surface area contributed by atoms with Crippen molar-refractivity contribution >= 4 is 11.9 Å². The molecule has 0 bridgehead atoms. The van der Waals surface area contributed by atoms with E-state index in [4.69, 9.17) is 5.11 Å². The molecule has 0 aromatic carbocycles. The number of rotatable bonds is 3. The minimum absolute atomic E-state index is 0.159. The molecule has 92 valence electrons. The van der Waals surface area contributed by atoms with E-state index in [1.165, 1.54) is 0 Å². The SMILES string of the molecule is CC(=O)NC(C(=O)O)(C1CCC1)C(F)(F)F. The van der Waals surface area contributed by atoms with Gasteiger partial charge in [0.25, 0.3) is 0 Å². The molecule has 1 rings (SSSR count). The van der Waals surface area contributed by atoms with Gasteiger partial charge in [-0.3, -0.25) is 4.79 Å². The minimum Gasteiger partial charge on any atom is -0.479 e. The summed E-state index contributed by atoms with van der Waals surface area (Å²) in [5.74, 6) is -4.11. The van der Waals surface area contributed by atoms with Crippen LogP contribution in [0, 0.1) is 5.92 Å². The van der Waals surface area contributed by atoms with Crippen LogP contribution in [0.4, 0.5) is 13.2 Å². The summed E-state index contributed by atoms with van der Waals surface area (Å²) in [6.45, 7) is 0.877. The van der Waals surface area contributed by atoms with Gasteiger partial charge in [0.2, 0.25) is 11.4 Å². The van der Waals surface area contributed by atoms with Crippen LogP contribution in [0.25, 0.3) is 0 Å². The Balaban J connectivity index is 3.13. The molecule has 1 aliphatic carbocycles. The summed E-state index contributed by atoms with van der Waals surface area (Å²) in [6, 6.07) is 0. The highest BCUT2D eigenvalue weighted by molar-refractivity contribution is 5.87. The van der Waals surface area contributed by atoms with Crippen molar-refractivity contribution < 1.29 is 27.9 Å². The first-order valence-electron chi connectivity index (χ1n) is 4.80. The number of hydrogen-bond donors (Lipinski definition) is 2. The first kappa shape index (κ1) is 12.8. The predicted molar refractivity (Wildman–Crippen MR) is 47.6 cm³/mol. The van der Waals surface area contributed by atoms with E-state index < -0.39 is 29.5 Å². The molecular weight excluding hydrogens is 227 g/mol. The van der Waals surface area contributed by atoms with E-state index in [2.05, 4.69) is 0 Å². The van der Waals surface area contributed by atoms with Crippen LogP contribution in [0.15, 0.2) is 0 Å². The van der Waals surface area contributed by atoms with Crippen molar-refractivity contribution in [1.82, 2.24) is 5.32 Å². The fraction of sp³-hybridized carbons (Fsp3) is 0.778. The van der Waals surface area contributed by atoms with Gasteiger partial charge in [-0.25, -0.2) is 4.79 Å². The summed E-state index contributed by atoms with van der Waals surface area (Å²) in [4.78, 5) is 21.7. The van der Waals surface area contributed by atoms with Gasteiger partial charge in [0.15, 0.2) is 0 Å². The number of halogens is 3. The largest absolute Gasteiger partial charge is 0.479 e. The van der Waals surface area contributed by atoms with Crippen molar-refractivity contribution in [3.05, 3.63) is 0 Å². The second-order valence-electron chi connectivity index (χ2n) is 3.92. The molecule has 0 saturated heterocycles. The molecule has 1 unspecified atom stereocenters. The number of nitrogens with one attached hydrogen (secondary N) is 1. The van der Waals surface area contributed by atoms with E-state index in [1.807, 2.05) is 0 Å². The molecular formula is C9H12F3NO3. The number of alkyl halides is 3. The summed E-state index contributed by atoms with van der Waals surface area (Å²) < 4.78 is 38.6. The smallest absolute Gasteiger partial charge is 0.422 e. The lowest BCUT2D eigenvalue weighted by molar-refractivity contribution is -0.228. The highest BCUT2D eigenvalue weighted by Gasteiger charge is 2.66. The third-order valence-corrected chi connectivity index (χ3v) is 2.88. The molecule has 1 fully saturated rings. The molecule has 0 aliphatic heterocycles. The maximum absolute atomic E-state index is 12.9. The molecule has 0 aromatic heterocycles. The molecule has 0 aromatic rings. The van der Waals surface area contributed by atoms with Gasteiger partial charge >= 0.3 is 12.1 Å². The molecule has 1 aliphatic rings. The number of amides is 1. The van der Waals surface area contributed by atoms with Gasteiger partial charge < -0.3 is 10.4 Å². The van der Waals surface area contributed by atoms with Crippen molar-refractivity contribution in [3.63, 3.8) is 0 Å². The van der Waals surface area contributed by atoms with Crippen LogP contribution in [0.2, 0.25) is 0 Å². The van der Waals surface area contributed by atoms with Crippen LogP contribution >= 0.6 is 0 Å². The van der Waals surface area contributed by atoms with Crippen LogP contribution in [0.5, 0.6) is 0 Å². The number of hydrogen-bond acceptors (Lipinski definition) is 2. The predicted octanol–water partition coefficient (Wildman–Crippen LogP) is 1.31. The number of carboxylic acid groups (broad SMARTS) is 1. The highest BCUT2D eigenvalue weighted by atomic mass is 19.4. The summed E-state index contributed by atoms with van der Waals surface area (Å²) >= 11 is 0. The van der Waals surface area contributed by atoms with Gasteiger partial charge in [-0.1, -0.05) is 6.42 Å². The van der Waals surface area contributed by atoms with Crippen LogP contribution in [0.1, 0.15) is 26.2 Å². The molecule has 2 N–H and O–H groups in total. The number of carbonyl (C=O) groups excluding carboxylic acids is 1. The second-order valence-corrected chi connectivity index (χ2v) is 3.92. The Kier molecular flexibility index (Phi) is 3.16. The van der Waals surface area contributed by atoms with Crippen LogP contribution in [0.3, 0.4) is 0 Å². The first-order chi connectivity index (χ1) is 7.22. The zero-order valence-electron chi connectivity index (χ0n) is 8.60. The summed E-state index contributed by atoms with van der Waals surface area (Å²) in [5, 5.41) is 10.4. The molecule has 7 heteroatoms. The first-order valence-corrected chi connectivity index (χ1v) is 4.80. The van der Waals surface area contributed by atoms with Crippen LogP contribution in [-0.2, 0) is 9.59 Å². The fourth-order valence-corrected chi connectivity index (χ4v) is 1.87. The Morgan fingerprint density at radius 2 is 1.81 bits per heavy atom. The molecule has 0 radical (unpaired) electrons. The Labute approximate surface area is 89.8 Å². The quantitative estimate of drug-likeness (QED) is 0.780. The lowest BCUT2D eigenvalue weighted by atomic mass is 9.70. The van der Waals surface area contributed by atoms with Gasteiger partial charge in [-0.2, -0.15) is 13.2 Å². The van der Waals surface area contributed by atoms with Gasteiger partial charge in [-0.15, -0.1) is 0 Å². The van der Waals surface area contributed by atoms with E-state index in [0.717, 1.165) is 6.92 Å². The van der Waals surface area contributed by atoms with Crippen LogP contribution < -0.4 is 5.32 Å². The van der Waals surface area contributed by atoms with Gasteiger partial charge in [0.1, 0.15) is 0 Å². The van der Waals surface area contributed by atoms with E-state index in [1.54, 1.807) is 5.32 Å². The zero-order chi connectivity index (χ0) is 12.6. The number of aliphatic carboxylic acids is 1. The Morgan fingerprint density at radius 3 is 2.00 bits per heavy atom. The lowest BCUT2D eigenvalue weighted by Gasteiger charge is -2.43. The van der Waals surface area contributed by atoms with E-state index in [9.17, 15) is 22.8 Å². The summed E-state index contributed by atoms with van der Waals surface area (Å²) in [6.07, 6.45) is -4.12. The van der Waals surface area contributed by atoms with Crippen molar-refractivity contribution in [1.29, 1.82) is 0 Å². The van der Waals surface area contributed by atoms with Crippen molar-refractivity contribution in [3.8, 4) is 0 Å². The second kappa shape index (κ2) is 3.95. The van der Waals surface area contributed by atoms with Gasteiger partial charge in [0, 0.05) is 12.8 Å². The summed E-state index contributed by atoms with van der Waals surface area (Å²) in [7, 11) is 0. The number of carbonyl (C=O) groups is 2. The van der Waals surface area contributed by atoms with Crippen molar-refractivity contribution in [2.24, 2.45) is 5.92 Å². The third kappa shape index (κ3) is 1.85. The third-order valence-electron chi connectivity index (χ3n) is 2.88. The standard InChI is InChI=1S/C9H12F3NO3/c1-5(14)13-8(7(15)16,9(10,11)12)6-3-2-4-6/h6H,2-4H2,1H3,(H,13,14)(H,15,16). The fourth-order valence-electron chi connectivity index (χ4n) is 1.87. The van der Waals surface area contributed by atoms with E-state index in [0.29, 0.717) is 6.42 Å². The minimum atomic E-state index is -4.99. The van der Waals surface area contributed by atoms with E-state index >= 15 is 0 Å². The van der Waals surface area contributed by atoms with Gasteiger partial charge in [0.05, 0.1) is 0 Å². The van der Waals surface area contributed by atoms with Gasteiger partial charge in [-0.05, 0) is 12.8 Å². The molecule has 1 saturated carbocycles. The van der Waals surface area contributed by atoms with Crippen molar-refractivity contribution in [2.45, 2.75) is 37.9 Å². The molecule has 1 amide bonds. The number of carboxylic acids is 1. The van der Waals surface area contributed by atoms with E-state index in [-0.39, 0.29) is 12.8 Å². The Hall–Kier alpha value is -1.27. The highest BCUT2D eigenvalue weighted by Crippen LogP contribution is 2.45. The Morgan fingerprint density at radius 1 is 1.31 bits per heavy atom. The topological polar surface area (TPSA) is 66.4 Å².